The molecule has 0 radical (unpaired) electrons. The monoisotopic (exact) mass is 378 g/mol. The van der Waals surface area contributed by atoms with Crippen molar-refractivity contribution in [2.24, 2.45) is 5.92 Å². The molecule has 2 heterocycles. The maximum atomic E-state index is 15.3. The first-order valence-corrected chi connectivity index (χ1v) is 10.4. The zero-order valence-electron chi connectivity index (χ0n) is 15.4. The van der Waals surface area contributed by atoms with Gasteiger partial charge < -0.3 is 4.90 Å². The topological polar surface area (TPSA) is 23.6 Å². The van der Waals surface area contributed by atoms with E-state index in [0.29, 0.717) is 23.4 Å². The van der Waals surface area contributed by atoms with Crippen molar-refractivity contribution in [2.75, 3.05) is 26.2 Å². The van der Waals surface area contributed by atoms with Crippen molar-refractivity contribution in [2.45, 2.75) is 57.2 Å². The van der Waals surface area contributed by atoms with Crippen molar-refractivity contribution in [3.05, 3.63) is 34.3 Å². The predicted octanol–water partition coefficient (Wildman–Crippen LogP) is 4.52. The summed E-state index contributed by atoms with van der Waals surface area (Å²) in [6, 6.07) is 5.63. The molecular weight excluding hydrogens is 351 g/mol. The fraction of sp³-hybridized carbons (Fsp3) is 0.667. The maximum Gasteiger partial charge on any atom is 0.225 e. The normalized spacial score (nSPS) is 29.6. The van der Waals surface area contributed by atoms with Gasteiger partial charge in [0, 0.05) is 30.6 Å². The Morgan fingerprint density at radius 3 is 2.38 bits per heavy atom. The van der Waals surface area contributed by atoms with Crippen LogP contribution in [-0.4, -0.2) is 41.9 Å². The zero-order chi connectivity index (χ0) is 18.1. The molecule has 26 heavy (non-hydrogen) atoms. The summed E-state index contributed by atoms with van der Waals surface area (Å²) in [4.78, 5) is 16.9. The summed E-state index contributed by atoms with van der Waals surface area (Å²) in [7, 11) is 0. The number of benzene rings is 1. The fourth-order valence-electron chi connectivity index (χ4n) is 4.64. The Morgan fingerprint density at radius 1 is 1.08 bits per heavy atom. The lowest BCUT2D eigenvalue weighted by atomic mass is 9.68. The van der Waals surface area contributed by atoms with E-state index in [2.05, 4.69) is 4.90 Å². The van der Waals surface area contributed by atoms with E-state index >= 15 is 4.39 Å². The van der Waals surface area contributed by atoms with E-state index in [4.69, 9.17) is 11.6 Å². The SMILES string of the molecule is O=C([C@H]1C[C@](F)(c2ccc(CN3CCCC3)c(Cl)c2)C1)N1CCCCC1. The molecule has 0 unspecified atom stereocenters. The number of amides is 1. The smallest absolute Gasteiger partial charge is 0.225 e. The Bertz CT molecular complexity index is 662. The number of hydrogen-bond acceptors (Lipinski definition) is 2. The number of nitrogens with zero attached hydrogens (tertiary/aromatic N) is 2. The van der Waals surface area contributed by atoms with E-state index in [1.54, 1.807) is 6.07 Å². The van der Waals surface area contributed by atoms with Gasteiger partial charge in [0.15, 0.2) is 0 Å². The van der Waals surface area contributed by atoms with Crippen LogP contribution >= 0.6 is 11.6 Å². The minimum Gasteiger partial charge on any atom is -0.342 e. The van der Waals surface area contributed by atoms with Crippen LogP contribution < -0.4 is 0 Å². The summed E-state index contributed by atoms with van der Waals surface area (Å²) >= 11 is 6.45. The van der Waals surface area contributed by atoms with Crippen LogP contribution in [-0.2, 0) is 17.0 Å². The Morgan fingerprint density at radius 2 is 1.73 bits per heavy atom. The standard InChI is InChI=1S/C21H28ClFN2O/c22-19-12-18(7-6-16(19)15-24-8-4-5-9-24)21(23)13-17(14-21)20(26)25-10-2-1-3-11-25/h6-7,12,17H,1-5,8-11,13-15H2/t17-,21+. The van der Waals surface area contributed by atoms with Gasteiger partial charge >= 0.3 is 0 Å². The molecule has 0 N–H and O–H groups in total. The molecule has 0 bridgehead atoms. The molecule has 142 valence electrons. The first-order valence-electron chi connectivity index (χ1n) is 10.0. The van der Waals surface area contributed by atoms with Gasteiger partial charge in [-0.05, 0) is 75.2 Å². The summed E-state index contributed by atoms with van der Waals surface area (Å²) in [5.74, 6) is -0.0177. The maximum absolute atomic E-state index is 15.3. The predicted molar refractivity (Wildman–Crippen MR) is 102 cm³/mol. The van der Waals surface area contributed by atoms with Gasteiger partial charge in [-0.1, -0.05) is 23.7 Å². The Hall–Kier alpha value is -1.13. The molecule has 3 aliphatic rings. The Kier molecular flexibility index (Phi) is 5.24. The second-order valence-electron chi connectivity index (χ2n) is 8.25. The molecular formula is C21H28ClFN2O. The summed E-state index contributed by atoms with van der Waals surface area (Å²) in [6.07, 6.45) is 6.43. The molecule has 1 aromatic carbocycles. The number of halogens is 2. The van der Waals surface area contributed by atoms with Crippen LogP contribution in [0.1, 0.15) is 56.1 Å². The van der Waals surface area contributed by atoms with Crippen LogP contribution in [0.4, 0.5) is 4.39 Å². The minimum absolute atomic E-state index is 0.148. The Balaban J connectivity index is 1.38. The van der Waals surface area contributed by atoms with Crippen LogP contribution in [0.2, 0.25) is 5.02 Å². The zero-order valence-corrected chi connectivity index (χ0v) is 16.1. The molecule has 4 rings (SSSR count). The van der Waals surface area contributed by atoms with Gasteiger partial charge in [-0.3, -0.25) is 9.69 Å². The van der Waals surface area contributed by atoms with Crippen LogP contribution in [0, 0.1) is 5.92 Å². The van der Waals surface area contributed by atoms with Crippen molar-refractivity contribution in [1.29, 1.82) is 0 Å². The van der Waals surface area contributed by atoms with Gasteiger partial charge in [-0.2, -0.15) is 0 Å². The van der Waals surface area contributed by atoms with Gasteiger partial charge in [0.25, 0.3) is 0 Å². The highest BCUT2D eigenvalue weighted by Crippen LogP contribution is 2.50. The summed E-state index contributed by atoms with van der Waals surface area (Å²) in [5, 5.41) is 0.650. The molecule has 1 amide bonds. The van der Waals surface area contributed by atoms with Crippen LogP contribution in [0.3, 0.4) is 0 Å². The Labute approximate surface area is 160 Å². The van der Waals surface area contributed by atoms with Crippen molar-refractivity contribution in [3.63, 3.8) is 0 Å². The number of carbonyl (C=O) groups is 1. The first kappa shape index (κ1) is 18.2. The number of hydrogen-bond donors (Lipinski definition) is 0. The van der Waals surface area contributed by atoms with E-state index < -0.39 is 5.67 Å². The molecule has 2 aliphatic heterocycles. The molecule has 0 atom stereocenters. The van der Waals surface area contributed by atoms with Gasteiger partial charge in [0.1, 0.15) is 5.67 Å². The van der Waals surface area contributed by atoms with E-state index in [-0.39, 0.29) is 11.8 Å². The highest BCUT2D eigenvalue weighted by Gasteiger charge is 2.50. The summed E-state index contributed by atoms with van der Waals surface area (Å²) in [5.41, 5.74) is 0.308. The van der Waals surface area contributed by atoms with Gasteiger partial charge in [-0.25, -0.2) is 4.39 Å². The van der Waals surface area contributed by atoms with Gasteiger partial charge in [0.05, 0.1) is 0 Å². The quantitative estimate of drug-likeness (QED) is 0.768. The fourth-order valence-corrected chi connectivity index (χ4v) is 4.88. The first-order chi connectivity index (χ1) is 12.5. The van der Waals surface area contributed by atoms with E-state index in [9.17, 15) is 4.79 Å². The number of piperidine rings is 1. The number of alkyl halides is 1. The summed E-state index contributed by atoms with van der Waals surface area (Å²) < 4.78 is 15.3. The lowest BCUT2D eigenvalue weighted by Crippen LogP contribution is -2.48. The molecule has 1 aliphatic carbocycles. The molecule has 5 heteroatoms. The third-order valence-corrected chi connectivity index (χ3v) is 6.67. The van der Waals surface area contributed by atoms with Crippen LogP contribution in [0.15, 0.2) is 18.2 Å². The van der Waals surface area contributed by atoms with Crippen molar-refractivity contribution in [3.8, 4) is 0 Å². The lowest BCUT2D eigenvalue weighted by molar-refractivity contribution is -0.146. The van der Waals surface area contributed by atoms with E-state index in [0.717, 1.165) is 51.1 Å². The average molecular weight is 379 g/mol. The second kappa shape index (κ2) is 7.47. The summed E-state index contributed by atoms with van der Waals surface area (Å²) in [6.45, 7) is 4.75. The highest BCUT2D eigenvalue weighted by molar-refractivity contribution is 6.31. The van der Waals surface area contributed by atoms with Crippen molar-refractivity contribution >= 4 is 17.5 Å². The van der Waals surface area contributed by atoms with Crippen molar-refractivity contribution in [1.82, 2.24) is 9.80 Å². The third kappa shape index (κ3) is 3.63. The molecule has 0 spiro atoms. The largest absolute Gasteiger partial charge is 0.342 e. The molecule has 0 aromatic heterocycles. The average Bonchev–Trinajstić information content (AvgIpc) is 3.14. The molecule has 1 aromatic rings. The van der Waals surface area contributed by atoms with Crippen molar-refractivity contribution < 1.29 is 9.18 Å². The second-order valence-corrected chi connectivity index (χ2v) is 8.65. The van der Waals surface area contributed by atoms with E-state index in [1.165, 1.54) is 19.3 Å². The minimum atomic E-state index is -1.40. The van der Waals surface area contributed by atoms with E-state index in [1.807, 2.05) is 17.0 Å². The number of likely N-dealkylation sites (tertiary alicyclic amines) is 2. The number of rotatable bonds is 4. The molecule has 1 saturated carbocycles. The molecule has 3 nitrogen and oxygen atoms in total. The van der Waals surface area contributed by atoms with Gasteiger partial charge in [0.2, 0.25) is 5.91 Å². The van der Waals surface area contributed by atoms with Crippen LogP contribution in [0.25, 0.3) is 0 Å². The highest BCUT2D eigenvalue weighted by atomic mass is 35.5. The lowest BCUT2D eigenvalue weighted by Gasteiger charge is -2.43. The third-order valence-electron chi connectivity index (χ3n) is 6.32. The number of carbonyl (C=O) groups excluding carboxylic acids is 1. The van der Waals surface area contributed by atoms with Gasteiger partial charge in [-0.15, -0.1) is 0 Å². The molecule has 3 fully saturated rings. The molecule has 2 saturated heterocycles. The van der Waals surface area contributed by atoms with Crippen LogP contribution in [0.5, 0.6) is 0 Å².